The van der Waals surface area contributed by atoms with Gasteiger partial charge in [0.2, 0.25) is 11.7 Å². The first-order valence-corrected chi connectivity index (χ1v) is 9.39. The van der Waals surface area contributed by atoms with E-state index in [-0.39, 0.29) is 28.8 Å². The smallest absolute Gasteiger partial charge is 0.342 e. The van der Waals surface area contributed by atoms with Crippen LogP contribution in [0.25, 0.3) is 0 Å². The zero-order valence-electron chi connectivity index (χ0n) is 17.1. The maximum Gasteiger partial charge on any atom is 0.342 e. The second kappa shape index (κ2) is 9.30. The number of ketones is 1. The van der Waals surface area contributed by atoms with E-state index in [0.29, 0.717) is 24.3 Å². The number of esters is 1. The molecule has 0 aliphatic carbocycles. The molecule has 3 rings (SSSR count). The SMILES string of the molecule is COc1ccc(C(=O)OCC(=O)c2ccc(N3CCCC3=O)cc2)c(OC)c1OC. The molecule has 0 bridgehead atoms. The normalized spacial score (nSPS) is 13.2. The third-order valence-electron chi connectivity index (χ3n) is 4.83. The molecule has 0 spiro atoms. The average Bonchev–Trinajstić information content (AvgIpc) is 3.21. The van der Waals surface area contributed by atoms with Crippen LogP contribution in [0.1, 0.15) is 33.6 Å². The molecule has 0 unspecified atom stereocenters. The fourth-order valence-electron chi connectivity index (χ4n) is 3.30. The number of nitrogens with zero attached hydrogens (tertiary/aromatic N) is 1. The summed E-state index contributed by atoms with van der Waals surface area (Å²) in [6.07, 6.45) is 1.37. The van der Waals surface area contributed by atoms with Crippen molar-refractivity contribution >= 4 is 23.3 Å². The minimum atomic E-state index is -0.722. The minimum Gasteiger partial charge on any atom is -0.493 e. The summed E-state index contributed by atoms with van der Waals surface area (Å²) >= 11 is 0. The number of hydrogen-bond donors (Lipinski definition) is 0. The van der Waals surface area contributed by atoms with E-state index in [9.17, 15) is 14.4 Å². The molecule has 30 heavy (non-hydrogen) atoms. The molecule has 1 amide bonds. The zero-order chi connectivity index (χ0) is 21.7. The molecule has 8 heteroatoms. The number of hydrogen-bond acceptors (Lipinski definition) is 7. The maximum atomic E-state index is 12.5. The number of methoxy groups -OCH3 is 3. The number of carbonyl (C=O) groups excluding carboxylic acids is 3. The Morgan fingerprint density at radius 3 is 2.20 bits per heavy atom. The summed E-state index contributed by atoms with van der Waals surface area (Å²) in [5.41, 5.74) is 1.25. The van der Waals surface area contributed by atoms with E-state index >= 15 is 0 Å². The number of carbonyl (C=O) groups is 3. The molecule has 1 fully saturated rings. The number of ether oxygens (including phenoxy) is 4. The van der Waals surface area contributed by atoms with Crippen LogP contribution in [0.15, 0.2) is 36.4 Å². The van der Waals surface area contributed by atoms with E-state index in [2.05, 4.69) is 0 Å². The molecule has 2 aromatic rings. The van der Waals surface area contributed by atoms with E-state index < -0.39 is 12.6 Å². The Kier molecular flexibility index (Phi) is 6.56. The molecule has 158 valence electrons. The number of amides is 1. The second-order valence-corrected chi connectivity index (χ2v) is 6.58. The van der Waals surface area contributed by atoms with Crippen molar-refractivity contribution in [1.29, 1.82) is 0 Å². The van der Waals surface area contributed by atoms with Gasteiger partial charge in [0.05, 0.1) is 21.3 Å². The third-order valence-corrected chi connectivity index (χ3v) is 4.83. The molecule has 2 aromatic carbocycles. The van der Waals surface area contributed by atoms with Crippen LogP contribution in [0.2, 0.25) is 0 Å². The van der Waals surface area contributed by atoms with Gasteiger partial charge < -0.3 is 23.8 Å². The van der Waals surface area contributed by atoms with Crippen molar-refractivity contribution in [1.82, 2.24) is 0 Å². The van der Waals surface area contributed by atoms with Gasteiger partial charge in [0.25, 0.3) is 0 Å². The molecule has 0 atom stereocenters. The van der Waals surface area contributed by atoms with Crippen molar-refractivity contribution < 1.29 is 33.3 Å². The fraction of sp³-hybridized carbons (Fsp3) is 0.318. The van der Waals surface area contributed by atoms with Crippen LogP contribution in [-0.4, -0.2) is 52.1 Å². The lowest BCUT2D eigenvalue weighted by Gasteiger charge is -2.16. The number of rotatable bonds is 8. The number of Topliss-reactive ketones (excluding diaryl/α,β-unsaturated/α-hetero) is 1. The Labute approximate surface area is 174 Å². The first-order valence-electron chi connectivity index (χ1n) is 9.39. The first-order chi connectivity index (χ1) is 14.5. The summed E-state index contributed by atoms with van der Waals surface area (Å²) in [6.45, 7) is 0.245. The van der Waals surface area contributed by atoms with Gasteiger partial charge in [0.1, 0.15) is 5.56 Å². The van der Waals surface area contributed by atoms with Crippen molar-refractivity contribution in [2.45, 2.75) is 12.8 Å². The van der Waals surface area contributed by atoms with Crippen molar-refractivity contribution in [2.24, 2.45) is 0 Å². The molecule has 1 aliphatic rings. The van der Waals surface area contributed by atoms with E-state index in [1.165, 1.54) is 27.4 Å². The zero-order valence-corrected chi connectivity index (χ0v) is 17.1. The Hall–Kier alpha value is -3.55. The standard InChI is InChI=1S/C22H23NO7/c1-27-18-11-10-16(20(28-2)21(18)29-3)22(26)30-13-17(24)14-6-8-15(9-7-14)23-12-4-5-19(23)25/h6-11H,4-5,12-13H2,1-3H3. The van der Waals surface area contributed by atoms with E-state index in [4.69, 9.17) is 18.9 Å². The third kappa shape index (κ3) is 4.22. The lowest BCUT2D eigenvalue weighted by Crippen LogP contribution is -2.23. The lowest BCUT2D eigenvalue weighted by atomic mass is 10.1. The van der Waals surface area contributed by atoms with Gasteiger partial charge in [-0.2, -0.15) is 0 Å². The monoisotopic (exact) mass is 413 g/mol. The largest absolute Gasteiger partial charge is 0.493 e. The summed E-state index contributed by atoms with van der Waals surface area (Å²) in [6, 6.07) is 9.71. The summed E-state index contributed by atoms with van der Waals surface area (Å²) < 4.78 is 20.9. The number of benzene rings is 2. The van der Waals surface area contributed by atoms with Crippen LogP contribution < -0.4 is 19.1 Å². The van der Waals surface area contributed by atoms with E-state index in [0.717, 1.165) is 12.1 Å². The summed E-state index contributed by atoms with van der Waals surface area (Å²) in [5.74, 6) is -0.185. The van der Waals surface area contributed by atoms with Crippen LogP contribution in [0.5, 0.6) is 17.2 Å². The van der Waals surface area contributed by atoms with Gasteiger partial charge in [-0.25, -0.2) is 4.79 Å². The Morgan fingerprint density at radius 1 is 0.933 bits per heavy atom. The van der Waals surface area contributed by atoms with Gasteiger partial charge in [-0.3, -0.25) is 9.59 Å². The predicted molar refractivity (Wildman–Crippen MR) is 109 cm³/mol. The highest BCUT2D eigenvalue weighted by Crippen LogP contribution is 2.40. The summed E-state index contributed by atoms with van der Waals surface area (Å²) in [7, 11) is 4.29. The average molecular weight is 413 g/mol. The molecule has 1 saturated heterocycles. The lowest BCUT2D eigenvalue weighted by molar-refractivity contribution is -0.117. The number of anilines is 1. The van der Waals surface area contributed by atoms with E-state index in [1.54, 1.807) is 35.2 Å². The predicted octanol–water partition coefficient (Wildman–Crippen LogP) is 2.88. The Bertz CT molecular complexity index is 953. The molecule has 0 N–H and O–H groups in total. The van der Waals surface area contributed by atoms with Crippen molar-refractivity contribution in [3.05, 3.63) is 47.5 Å². The van der Waals surface area contributed by atoms with Gasteiger partial charge in [0, 0.05) is 24.2 Å². The van der Waals surface area contributed by atoms with Crippen LogP contribution in [0, 0.1) is 0 Å². The van der Waals surface area contributed by atoms with Crippen LogP contribution in [-0.2, 0) is 9.53 Å². The van der Waals surface area contributed by atoms with Crippen LogP contribution in [0.4, 0.5) is 5.69 Å². The highest BCUT2D eigenvalue weighted by molar-refractivity contribution is 6.01. The van der Waals surface area contributed by atoms with Crippen molar-refractivity contribution in [3.8, 4) is 17.2 Å². The van der Waals surface area contributed by atoms with Crippen LogP contribution >= 0.6 is 0 Å². The van der Waals surface area contributed by atoms with Crippen molar-refractivity contribution in [2.75, 3.05) is 39.4 Å². The second-order valence-electron chi connectivity index (χ2n) is 6.58. The van der Waals surface area contributed by atoms with Gasteiger partial charge in [0.15, 0.2) is 23.9 Å². The molecule has 0 aromatic heterocycles. The quantitative estimate of drug-likeness (QED) is 0.485. The molecule has 8 nitrogen and oxygen atoms in total. The molecular formula is C22H23NO7. The van der Waals surface area contributed by atoms with Gasteiger partial charge >= 0.3 is 5.97 Å². The van der Waals surface area contributed by atoms with Crippen molar-refractivity contribution in [3.63, 3.8) is 0 Å². The fourth-order valence-corrected chi connectivity index (χ4v) is 3.30. The van der Waals surface area contributed by atoms with Gasteiger partial charge in [-0.05, 0) is 42.8 Å². The molecule has 1 heterocycles. The Balaban J connectivity index is 1.67. The molecule has 1 aliphatic heterocycles. The van der Waals surface area contributed by atoms with E-state index in [1.807, 2.05) is 0 Å². The highest BCUT2D eigenvalue weighted by atomic mass is 16.5. The maximum absolute atomic E-state index is 12.5. The van der Waals surface area contributed by atoms with Gasteiger partial charge in [-0.1, -0.05) is 0 Å². The summed E-state index contributed by atoms with van der Waals surface area (Å²) in [4.78, 5) is 38.4. The van der Waals surface area contributed by atoms with Gasteiger partial charge in [-0.15, -0.1) is 0 Å². The first kappa shape index (κ1) is 21.2. The minimum absolute atomic E-state index is 0.0758. The Morgan fingerprint density at radius 2 is 1.63 bits per heavy atom. The van der Waals surface area contributed by atoms with Crippen LogP contribution in [0.3, 0.4) is 0 Å². The molecule has 0 radical (unpaired) electrons. The molecule has 0 saturated carbocycles. The highest BCUT2D eigenvalue weighted by Gasteiger charge is 2.23. The summed E-state index contributed by atoms with van der Waals surface area (Å²) in [5, 5.41) is 0. The molecular weight excluding hydrogens is 390 g/mol. The topological polar surface area (TPSA) is 91.4 Å².